The second-order valence-electron chi connectivity index (χ2n) is 6.75. The third kappa shape index (κ3) is 4.67. The summed E-state index contributed by atoms with van der Waals surface area (Å²) < 4.78 is 0. The van der Waals surface area contributed by atoms with E-state index in [1.807, 2.05) is 62.4 Å². The fourth-order valence-corrected chi connectivity index (χ4v) is 3.47. The lowest BCUT2D eigenvalue weighted by Gasteiger charge is -2.28. The van der Waals surface area contributed by atoms with E-state index in [9.17, 15) is 4.79 Å². The van der Waals surface area contributed by atoms with Gasteiger partial charge in [0, 0.05) is 17.6 Å². The molecule has 2 aromatic rings. The molecule has 31 heavy (non-hydrogen) atoms. The van der Waals surface area contributed by atoms with Crippen LogP contribution in [-0.2, 0) is 4.84 Å². The molecule has 1 amide bonds. The highest BCUT2D eigenvalue weighted by Crippen LogP contribution is 2.25. The molecule has 2 aliphatic heterocycles. The summed E-state index contributed by atoms with van der Waals surface area (Å²) in [5, 5.41) is 4.24. The maximum atomic E-state index is 13.4. The Balaban J connectivity index is 0.00000132. The third-order valence-corrected chi connectivity index (χ3v) is 4.92. The number of rotatable bonds is 5. The zero-order valence-electron chi connectivity index (χ0n) is 18.0. The van der Waals surface area contributed by atoms with Crippen molar-refractivity contribution in [1.29, 1.82) is 0 Å². The third-order valence-electron chi connectivity index (χ3n) is 4.92. The average molecular weight is 411 g/mol. The first-order chi connectivity index (χ1) is 15.2. The molecule has 0 spiro atoms. The summed E-state index contributed by atoms with van der Waals surface area (Å²) >= 11 is 0. The Morgan fingerprint density at radius 3 is 2.48 bits per heavy atom. The number of hydrogen-bond donors (Lipinski definition) is 0. The van der Waals surface area contributed by atoms with Gasteiger partial charge in [0.1, 0.15) is 0 Å². The smallest absolute Gasteiger partial charge is 0.259 e. The minimum atomic E-state index is -0.255. The molecule has 4 nitrogen and oxygen atoms in total. The normalized spacial score (nSPS) is 19.3. The van der Waals surface area contributed by atoms with Crippen molar-refractivity contribution >= 4 is 11.6 Å². The zero-order chi connectivity index (χ0) is 22.2. The largest absolute Gasteiger partial charge is 0.390 e. The van der Waals surface area contributed by atoms with E-state index < -0.39 is 0 Å². The lowest BCUT2D eigenvalue weighted by molar-refractivity contribution is 0.0505. The number of nitrogens with zero attached hydrogens (tertiary/aromatic N) is 2. The van der Waals surface area contributed by atoms with Gasteiger partial charge in [0.2, 0.25) is 0 Å². The van der Waals surface area contributed by atoms with Crippen LogP contribution in [0.5, 0.6) is 0 Å². The van der Waals surface area contributed by atoms with Gasteiger partial charge in [-0.25, -0.2) is 0 Å². The predicted molar refractivity (Wildman–Crippen MR) is 126 cm³/mol. The Hall–Kier alpha value is -3.84. The van der Waals surface area contributed by atoms with Crippen LogP contribution >= 0.6 is 0 Å². The molecular weight excluding hydrogens is 384 g/mol. The van der Waals surface area contributed by atoms with Crippen molar-refractivity contribution in [3.63, 3.8) is 0 Å². The molecule has 2 aromatic carbocycles. The van der Waals surface area contributed by atoms with Gasteiger partial charge < -0.3 is 9.74 Å². The summed E-state index contributed by atoms with van der Waals surface area (Å²) in [7, 11) is 0. The van der Waals surface area contributed by atoms with Crippen LogP contribution in [0, 0.1) is 11.8 Å². The molecule has 1 unspecified atom stereocenters. The SMILES string of the molecule is C=C/C1=C(\C=C)N(CC2CC(c3ccccc3)=NO2)C(=O)c2ccccc2C#C1.CC. The number of allylic oxidation sites excluding steroid dienone is 3. The van der Waals surface area contributed by atoms with Gasteiger partial charge in [-0.3, -0.25) is 4.79 Å². The molecule has 0 bridgehead atoms. The second-order valence-corrected chi connectivity index (χ2v) is 6.75. The second kappa shape index (κ2) is 10.3. The molecule has 2 aliphatic rings. The number of hydrogen-bond acceptors (Lipinski definition) is 3. The van der Waals surface area contributed by atoms with Crippen LogP contribution < -0.4 is 0 Å². The van der Waals surface area contributed by atoms with E-state index in [1.54, 1.807) is 23.1 Å². The highest BCUT2D eigenvalue weighted by Gasteiger charge is 2.30. The van der Waals surface area contributed by atoms with Crippen molar-refractivity contribution in [3.05, 3.63) is 108 Å². The number of oxime groups is 1. The number of carbonyl (C=O) groups is 1. The first kappa shape index (κ1) is 21.9. The first-order valence-electron chi connectivity index (χ1n) is 10.4. The molecule has 0 aliphatic carbocycles. The van der Waals surface area contributed by atoms with E-state index in [0.29, 0.717) is 35.4 Å². The van der Waals surface area contributed by atoms with Crippen molar-refractivity contribution in [2.75, 3.05) is 6.54 Å². The van der Waals surface area contributed by atoms with Crippen molar-refractivity contribution in [2.24, 2.45) is 5.16 Å². The molecule has 2 heterocycles. The predicted octanol–water partition coefficient (Wildman–Crippen LogP) is 5.34. The molecule has 0 radical (unpaired) electrons. The molecule has 0 aromatic heterocycles. The lowest BCUT2D eigenvalue weighted by atomic mass is 10.0. The van der Waals surface area contributed by atoms with E-state index in [0.717, 1.165) is 11.3 Å². The van der Waals surface area contributed by atoms with Crippen molar-refractivity contribution in [3.8, 4) is 11.8 Å². The van der Waals surface area contributed by atoms with Gasteiger partial charge in [-0.15, -0.1) is 0 Å². The van der Waals surface area contributed by atoms with Gasteiger partial charge in [-0.2, -0.15) is 0 Å². The van der Waals surface area contributed by atoms with Gasteiger partial charge in [0.15, 0.2) is 6.10 Å². The summed E-state index contributed by atoms with van der Waals surface area (Å²) in [5.74, 6) is 6.05. The molecule has 0 saturated carbocycles. The van der Waals surface area contributed by atoms with Crippen LogP contribution in [0.15, 0.2) is 96.3 Å². The van der Waals surface area contributed by atoms with E-state index in [2.05, 4.69) is 30.2 Å². The van der Waals surface area contributed by atoms with Crippen molar-refractivity contribution in [1.82, 2.24) is 4.90 Å². The molecule has 4 heteroatoms. The average Bonchev–Trinajstić information content (AvgIpc) is 3.30. The molecule has 0 N–H and O–H groups in total. The molecule has 0 fully saturated rings. The van der Waals surface area contributed by atoms with Crippen molar-refractivity contribution < 1.29 is 9.63 Å². The highest BCUT2D eigenvalue weighted by atomic mass is 16.6. The van der Waals surface area contributed by atoms with Crippen LogP contribution in [0.2, 0.25) is 0 Å². The number of carbonyl (C=O) groups excluding carboxylic acids is 1. The molecule has 156 valence electrons. The Morgan fingerprint density at radius 1 is 1.06 bits per heavy atom. The minimum absolute atomic E-state index is 0.138. The Labute approximate surface area is 184 Å². The first-order valence-corrected chi connectivity index (χ1v) is 10.4. The van der Waals surface area contributed by atoms with E-state index in [4.69, 9.17) is 4.84 Å². The van der Waals surface area contributed by atoms with Crippen LogP contribution in [0.3, 0.4) is 0 Å². The van der Waals surface area contributed by atoms with E-state index in [-0.39, 0.29) is 12.0 Å². The fraction of sp³-hybridized carbons (Fsp3) is 0.185. The maximum absolute atomic E-state index is 13.4. The standard InChI is InChI=1S/C25H20N2O2.C2H6/c1-3-18-14-15-19-10-8-9-13-22(19)25(28)27(24(18)4-2)17-21-16-23(26-29-21)20-11-6-5-7-12-20;1-2/h3-13,21H,1-2,16-17H2;1-2H3/b24-18-;. The number of amides is 1. The summed E-state index contributed by atoms with van der Waals surface area (Å²) in [6.07, 6.45) is 3.66. The van der Waals surface area contributed by atoms with Crippen LogP contribution in [0.4, 0.5) is 0 Å². The van der Waals surface area contributed by atoms with Crippen LogP contribution in [0.1, 0.15) is 41.8 Å². The summed E-state index contributed by atoms with van der Waals surface area (Å²) in [6.45, 7) is 12.1. The number of fused-ring (bicyclic) bond motifs is 1. The van der Waals surface area contributed by atoms with Crippen LogP contribution in [0.25, 0.3) is 0 Å². The van der Waals surface area contributed by atoms with Gasteiger partial charge in [-0.1, -0.05) is 92.5 Å². The van der Waals surface area contributed by atoms with Gasteiger partial charge in [-0.05, 0) is 23.8 Å². The lowest BCUT2D eigenvalue weighted by Crippen LogP contribution is -2.38. The maximum Gasteiger partial charge on any atom is 0.259 e. The monoisotopic (exact) mass is 410 g/mol. The summed E-state index contributed by atoms with van der Waals surface area (Å²) in [4.78, 5) is 20.7. The van der Waals surface area contributed by atoms with Gasteiger partial charge >= 0.3 is 0 Å². The fourth-order valence-electron chi connectivity index (χ4n) is 3.47. The summed E-state index contributed by atoms with van der Waals surface area (Å²) in [6, 6.07) is 17.3. The quantitative estimate of drug-likeness (QED) is 0.625. The molecular formula is C27H26N2O2. The topological polar surface area (TPSA) is 41.9 Å². The van der Waals surface area contributed by atoms with Gasteiger partial charge in [0.25, 0.3) is 5.91 Å². The Bertz CT molecular complexity index is 1100. The molecule has 0 saturated heterocycles. The Morgan fingerprint density at radius 2 is 1.77 bits per heavy atom. The minimum Gasteiger partial charge on any atom is -0.390 e. The van der Waals surface area contributed by atoms with Crippen molar-refractivity contribution in [2.45, 2.75) is 26.4 Å². The molecule has 4 rings (SSSR count). The highest BCUT2D eigenvalue weighted by molar-refractivity contribution is 6.01. The molecule has 1 atom stereocenters. The Kier molecular flexibility index (Phi) is 7.24. The van der Waals surface area contributed by atoms with E-state index >= 15 is 0 Å². The summed E-state index contributed by atoms with van der Waals surface area (Å²) in [5.41, 5.74) is 4.44. The van der Waals surface area contributed by atoms with Gasteiger partial charge in [0.05, 0.1) is 23.5 Å². The number of benzene rings is 2. The van der Waals surface area contributed by atoms with E-state index in [1.165, 1.54) is 0 Å². The van der Waals surface area contributed by atoms with Crippen LogP contribution in [-0.4, -0.2) is 29.2 Å². The zero-order valence-corrected chi connectivity index (χ0v) is 18.0.